The molecular formula is C19H23NO4. The zero-order valence-corrected chi connectivity index (χ0v) is 14.6. The first kappa shape index (κ1) is 17.9. The molecule has 0 radical (unpaired) electrons. The van der Waals surface area contributed by atoms with E-state index in [1.54, 1.807) is 13.0 Å². The summed E-state index contributed by atoms with van der Waals surface area (Å²) in [5, 5.41) is 0. The number of nitrogens with zero attached hydrogens (tertiary/aromatic N) is 1. The Bertz CT molecular complexity index is 680. The first-order valence-corrected chi connectivity index (χ1v) is 8.04. The summed E-state index contributed by atoms with van der Waals surface area (Å²) in [5.74, 6) is -1.37. The molecule has 0 N–H and O–H groups in total. The summed E-state index contributed by atoms with van der Waals surface area (Å²) in [6.07, 6.45) is 1.72. The number of hydrogen-bond donors (Lipinski definition) is 0. The van der Waals surface area contributed by atoms with Gasteiger partial charge in [-0.05, 0) is 29.5 Å². The molecule has 1 aliphatic rings. The molecule has 0 aliphatic carbocycles. The van der Waals surface area contributed by atoms with Gasteiger partial charge in [-0.25, -0.2) is 0 Å². The van der Waals surface area contributed by atoms with Crippen LogP contribution in [0.1, 0.15) is 45.2 Å². The number of likely N-dealkylation sites (tertiary alicyclic amines) is 1. The van der Waals surface area contributed by atoms with E-state index in [4.69, 9.17) is 4.74 Å². The van der Waals surface area contributed by atoms with Crippen molar-refractivity contribution in [3.05, 3.63) is 41.0 Å². The summed E-state index contributed by atoms with van der Waals surface area (Å²) in [6, 6.07) is 7.90. The lowest BCUT2D eigenvalue weighted by Gasteiger charge is -2.18. The Morgan fingerprint density at radius 1 is 1.21 bits per heavy atom. The molecule has 0 spiro atoms. The van der Waals surface area contributed by atoms with Gasteiger partial charge in [0.1, 0.15) is 6.54 Å². The fourth-order valence-electron chi connectivity index (χ4n) is 2.51. The third-order valence-electron chi connectivity index (χ3n) is 3.87. The van der Waals surface area contributed by atoms with Gasteiger partial charge >= 0.3 is 5.97 Å². The van der Waals surface area contributed by atoms with Crippen LogP contribution in [0.3, 0.4) is 0 Å². The minimum Gasteiger partial charge on any atom is -0.465 e. The number of benzene rings is 1. The third-order valence-corrected chi connectivity index (χ3v) is 3.87. The van der Waals surface area contributed by atoms with Crippen molar-refractivity contribution in [3.8, 4) is 0 Å². The molecule has 0 saturated carbocycles. The molecule has 2 rings (SSSR count). The molecule has 1 aliphatic heterocycles. The van der Waals surface area contributed by atoms with E-state index in [0.717, 1.165) is 10.5 Å². The quantitative estimate of drug-likeness (QED) is 0.484. The van der Waals surface area contributed by atoms with E-state index < -0.39 is 11.9 Å². The van der Waals surface area contributed by atoms with Crippen LogP contribution in [-0.2, 0) is 24.5 Å². The largest absolute Gasteiger partial charge is 0.465 e. The maximum absolute atomic E-state index is 12.3. The average Bonchev–Trinajstić information content (AvgIpc) is 2.75. The summed E-state index contributed by atoms with van der Waals surface area (Å²) >= 11 is 0. The lowest BCUT2D eigenvalue weighted by atomic mass is 9.86. The van der Waals surface area contributed by atoms with Crippen LogP contribution in [0.5, 0.6) is 0 Å². The maximum Gasteiger partial charge on any atom is 0.326 e. The average molecular weight is 329 g/mol. The predicted octanol–water partition coefficient (Wildman–Crippen LogP) is 2.69. The van der Waals surface area contributed by atoms with Gasteiger partial charge in [0.15, 0.2) is 0 Å². The van der Waals surface area contributed by atoms with E-state index >= 15 is 0 Å². The van der Waals surface area contributed by atoms with Crippen LogP contribution < -0.4 is 0 Å². The molecule has 24 heavy (non-hydrogen) atoms. The molecular weight excluding hydrogens is 306 g/mol. The van der Waals surface area contributed by atoms with Gasteiger partial charge in [0.05, 0.1) is 13.0 Å². The Morgan fingerprint density at radius 2 is 1.83 bits per heavy atom. The van der Waals surface area contributed by atoms with Crippen molar-refractivity contribution in [2.24, 2.45) is 0 Å². The van der Waals surface area contributed by atoms with Gasteiger partial charge in [0.2, 0.25) is 5.91 Å². The molecule has 5 heteroatoms. The minimum atomic E-state index is -0.574. The zero-order valence-electron chi connectivity index (χ0n) is 14.6. The van der Waals surface area contributed by atoms with Gasteiger partial charge in [-0.1, -0.05) is 45.0 Å². The van der Waals surface area contributed by atoms with Gasteiger partial charge in [0, 0.05) is 5.57 Å². The topological polar surface area (TPSA) is 63.7 Å². The Kier molecular flexibility index (Phi) is 5.22. The molecule has 1 saturated heterocycles. The Balaban J connectivity index is 2.15. The second kappa shape index (κ2) is 6.99. The lowest BCUT2D eigenvalue weighted by molar-refractivity contribution is -0.151. The summed E-state index contributed by atoms with van der Waals surface area (Å²) in [5.41, 5.74) is 2.51. The van der Waals surface area contributed by atoms with Gasteiger partial charge in [0.25, 0.3) is 5.91 Å². The molecule has 128 valence electrons. The van der Waals surface area contributed by atoms with E-state index in [-0.39, 0.29) is 30.9 Å². The zero-order chi connectivity index (χ0) is 17.9. The normalized spacial score (nSPS) is 16.8. The van der Waals surface area contributed by atoms with E-state index in [1.807, 2.05) is 24.3 Å². The van der Waals surface area contributed by atoms with Crippen molar-refractivity contribution >= 4 is 23.9 Å². The summed E-state index contributed by atoms with van der Waals surface area (Å²) in [6.45, 7) is 7.97. The van der Waals surface area contributed by atoms with Crippen LogP contribution >= 0.6 is 0 Å². The highest BCUT2D eigenvalue weighted by Crippen LogP contribution is 2.25. The molecule has 1 aromatic rings. The highest BCUT2D eigenvalue weighted by Gasteiger charge is 2.35. The van der Waals surface area contributed by atoms with Crippen molar-refractivity contribution in [3.63, 3.8) is 0 Å². The molecule has 2 amide bonds. The summed E-state index contributed by atoms with van der Waals surface area (Å²) < 4.78 is 4.79. The van der Waals surface area contributed by atoms with Crippen LogP contribution in [0.15, 0.2) is 29.8 Å². The highest BCUT2D eigenvalue weighted by molar-refractivity contribution is 6.16. The SMILES string of the molecule is CCOC(=O)CN1C(=O)C/C(=C\c2ccc(C(C)(C)C)cc2)C1=O. The fourth-order valence-corrected chi connectivity index (χ4v) is 2.51. The van der Waals surface area contributed by atoms with Crippen molar-refractivity contribution in [2.75, 3.05) is 13.2 Å². The van der Waals surface area contributed by atoms with Crippen LogP contribution in [0.25, 0.3) is 6.08 Å². The standard InChI is InChI=1S/C19H23NO4/c1-5-24-17(22)12-20-16(21)11-14(18(20)23)10-13-6-8-15(9-7-13)19(2,3)4/h6-10H,5,11-12H2,1-4H3/b14-10+. The lowest BCUT2D eigenvalue weighted by Crippen LogP contribution is -2.35. The molecule has 1 fully saturated rings. The molecule has 1 heterocycles. The predicted molar refractivity (Wildman–Crippen MR) is 91.1 cm³/mol. The van der Waals surface area contributed by atoms with Crippen molar-refractivity contribution in [2.45, 2.75) is 39.5 Å². The molecule has 1 aromatic carbocycles. The Morgan fingerprint density at radius 3 is 2.38 bits per heavy atom. The van der Waals surface area contributed by atoms with Gasteiger partial charge in [-0.3, -0.25) is 19.3 Å². The number of ether oxygens (including phenoxy) is 1. The van der Waals surface area contributed by atoms with Crippen molar-refractivity contribution < 1.29 is 19.1 Å². The van der Waals surface area contributed by atoms with Crippen LogP contribution in [0, 0.1) is 0 Å². The number of carbonyl (C=O) groups excluding carboxylic acids is 3. The van der Waals surface area contributed by atoms with E-state index in [0.29, 0.717) is 5.57 Å². The van der Waals surface area contributed by atoms with Gasteiger partial charge in [-0.15, -0.1) is 0 Å². The first-order chi connectivity index (χ1) is 11.2. The molecule has 0 atom stereocenters. The monoisotopic (exact) mass is 329 g/mol. The van der Waals surface area contributed by atoms with E-state index in [2.05, 4.69) is 20.8 Å². The summed E-state index contributed by atoms with van der Waals surface area (Å²) in [7, 11) is 0. The highest BCUT2D eigenvalue weighted by atomic mass is 16.5. The van der Waals surface area contributed by atoms with E-state index in [9.17, 15) is 14.4 Å². The number of carbonyl (C=O) groups is 3. The van der Waals surface area contributed by atoms with Gasteiger partial charge in [-0.2, -0.15) is 0 Å². The second-order valence-corrected chi connectivity index (χ2v) is 6.81. The maximum atomic E-state index is 12.3. The number of imide groups is 1. The van der Waals surface area contributed by atoms with Crippen molar-refractivity contribution in [1.29, 1.82) is 0 Å². The third kappa shape index (κ3) is 4.10. The second-order valence-electron chi connectivity index (χ2n) is 6.81. The smallest absolute Gasteiger partial charge is 0.326 e. The molecule has 0 aromatic heterocycles. The van der Waals surface area contributed by atoms with Crippen LogP contribution in [0.4, 0.5) is 0 Å². The summed E-state index contributed by atoms with van der Waals surface area (Å²) in [4.78, 5) is 36.7. The molecule has 5 nitrogen and oxygen atoms in total. The molecule has 0 bridgehead atoms. The van der Waals surface area contributed by atoms with Crippen molar-refractivity contribution in [1.82, 2.24) is 4.90 Å². The first-order valence-electron chi connectivity index (χ1n) is 8.04. The minimum absolute atomic E-state index is 0.0132. The number of esters is 1. The number of rotatable bonds is 4. The van der Waals surface area contributed by atoms with Crippen LogP contribution in [0.2, 0.25) is 0 Å². The fraction of sp³-hybridized carbons (Fsp3) is 0.421. The Hall–Kier alpha value is -2.43. The van der Waals surface area contributed by atoms with Gasteiger partial charge < -0.3 is 4.74 Å². The van der Waals surface area contributed by atoms with E-state index in [1.165, 1.54) is 5.56 Å². The number of amides is 2. The van der Waals surface area contributed by atoms with Crippen LogP contribution in [-0.4, -0.2) is 35.8 Å². The number of hydrogen-bond acceptors (Lipinski definition) is 4. The molecule has 0 unspecified atom stereocenters. The Labute approximate surface area is 142 Å².